The van der Waals surface area contributed by atoms with Crippen LogP contribution in [-0.2, 0) is 0 Å². The van der Waals surface area contributed by atoms with Gasteiger partial charge in [0.1, 0.15) is 9.88 Å². The average Bonchev–Trinajstić information content (AvgIpc) is 3.24. The second-order valence-electron chi connectivity index (χ2n) is 5.87. The van der Waals surface area contributed by atoms with E-state index in [0.717, 1.165) is 21.5 Å². The van der Waals surface area contributed by atoms with Crippen LogP contribution < -0.4 is 10.6 Å². The van der Waals surface area contributed by atoms with E-state index < -0.39 is 0 Å². The monoisotopic (exact) mass is 377 g/mol. The van der Waals surface area contributed by atoms with Crippen LogP contribution >= 0.6 is 27.3 Å². The van der Waals surface area contributed by atoms with Crippen molar-refractivity contribution in [2.45, 2.75) is 37.4 Å². The largest absolute Gasteiger partial charge is 0.347 e. The highest BCUT2D eigenvalue weighted by Gasteiger charge is 2.39. The van der Waals surface area contributed by atoms with Crippen LogP contribution in [0.15, 0.2) is 34.9 Å². The maximum absolute atomic E-state index is 12.4. The van der Waals surface area contributed by atoms with E-state index in [1.165, 1.54) is 24.2 Å². The molecule has 2 aromatic rings. The number of aromatic nitrogens is 1. The first-order valence-electron chi connectivity index (χ1n) is 7.48. The number of benzene rings is 1. The minimum absolute atomic E-state index is 0.00449. The smallest absolute Gasteiger partial charge is 0.263 e. The Kier molecular flexibility index (Phi) is 3.76. The molecule has 2 aliphatic rings. The summed E-state index contributed by atoms with van der Waals surface area (Å²) in [6.45, 7) is 0. The molecule has 6 heteroatoms. The summed E-state index contributed by atoms with van der Waals surface area (Å²) in [4.78, 5) is 17.5. The number of carbonyl (C=O) groups excluding carboxylic acids is 1. The first-order valence-corrected chi connectivity index (χ1v) is 9.09. The van der Waals surface area contributed by atoms with Gasteiger partial charge in [0, 0.05) is 28.2 Å². The molecule has 2 fully saturated rings. The highest BCUT2D eigenvalue weighted by Crippen LogP contribution is 2.32. The predicted molar refractivity (Wildman–Crippen MR) is 91.1 cm³/mol. The van der Waals surface area contributed by atoms with Gasteiger partial charge < -0.3 is 10.6 Å². The van der Waals surface area contributed by atoms with Crippen LogP contribution in [0.4, 0.5) is 0 Å². The van der Waals surface area contributed by atoms with Gasteiger partial charge in [-0.2, -0.15) is 0 Å². The van der Waals surface area contributed by atoms with Gasteiger partial charge in [-0.15, -0.1) is 11.3 Å². The van der Waals surface area contributed by atoms with Gasteiger partial charge in [0.15, 0.2) is 0 Å². The van der Waals surface area contributed by atoms with Crippen molar-refractivity contribution < 1.29 is 4.79 Å². The van der Waals surface area contributed by atoms with E-state index in [9.17, 15) is 4.79 Å². The third-order valence-corrected chi connectivity index (χ3v) is 6.17. The van der Waals surface area contributed by atoms with E-state index in [1.54, 1.807) is 6.20 Å². The molecular formula is C16H16BrN3OS. The maximum Gasteiger partial charge on any atom is 0.263 e. The van der Waals surface area contributed by atoms with Gasteiger partial charge in [-0.25, -0.2) is 4.98 Å². The van der Waals surface area contributed by atoms with Crippen LogP contribution in [0.3, 0.4) is 0 Å². The standard InChI is InChI=1S/C16H16BrN3OS/c17-11-4-2-1-3-10(11)16-18-8-14(22-16)15(21)20-13-7-9-5-6-12(13)19-9/h1-4,8-9,12-13,19H,5-7H2,(H,20,21)/t9-,12+,13-/m1/s1. The molecule has 0 radical (unpaired) electrons. The van der Waals surface area contributed by atoms with Crippen molar-refractivity contribution in [3.63, 3.8) is 0 Å². The van der Waals surface area contributed by atoms with Crippen LogP contribution in [-0.4, -0.2) is 29.0 Å². The van der Waals surface area contributed by atoms with Gasteiger partial charge in [-0.3, -0.25) is 4.79 Å². The third-order valence-electron chi connectivity index (χ3n) is 4.45. The summed E-state index contributed by atoms with van der Waals surface area (Å²) < 4.78 is 0.994. The van der Waals surface area contributed by atoms with Crippen molar-refractivity contribution in [3.8, 4) is 10.6 Å². The molecule has 0 aliphatic carbocycles. The molecule has 22 heavy (non-hydrogen) atoms. The first-order chi connectivity index (χ1) is 10.7. The first kappa shape index (κ1) is 14.4. The lowest BCUT2D eigenvalue weighted by molar-refractivity contribution is 0.0935. The predicted octanol–water partition coefficient (Wildman–Crippen LogP) is 3.20. The lowest BCUT2D eigenvalue weighted by atomic mass is 9.95. The van der Waals surface area contributed by atoms with Crippen molar-refractivity contribution in [3.05, 3.63) is 39.8 Å². The van der Waals surface area contributed by atoms with E-state index in [1.807, 2.05) is 24.3 Å². The number of amides is 1. The van der Waals surface area contributed by atoms with Crippen LogP contribution in [0.2, 0.25) is 0 Å². The summed E-state index contributed by atoms with van der Waals surface area (Å²) in [5.41, 5.74) is 1.02. The Hall–Kier alpha value is -1.24. The third kappa shape index (κ3) is 2.59. The SMILES string of the molecule is O=C(N[C@@H]1C[C@H]2CC[C@@H]1N2)c1cnc(-c2ccccc2Br)s1. The van der Waals surface area contributed by atoms with Crippen LogP contribution in [0.25, 0.3) is 10.6 Å². The number of hydrogen-bond acceptors (Lipinski definition) is 4. The van der Waals surface area contributed by atoms with E-state index in [4.69, 9.17) is 0 Å². The number of thiazole rings is 1. The molecule has 2 bridgehead atoms. The summed E-state index contributed by atoms with van der Waals surface area (Å²) in [6, 6.07) is 9.23. The lowest BCUT2D eigenvalue weighted by Crippen LogP contribution is -2.42. The molecule has 2 N–H and O–H groups in total. The molecule has 2 saturated heterocycles. The fourth-order valence-corrected chi connectivity index (χ4v) is 4.82. The molecule has 1 aromatic heterocycles. The summed E-state index contributed by atoms with van der Waals surface area (Å²) in [6.07, 6.45) is 5.13. The molecular weight excluding hydrogens is 362 g/mol. The number of rotatable bonds is 3. The Bertz CT molecular complexity index is 717. The van der Waals surface area contributed by atoms with Gasteiger partial charge in [0.05, 0.1) is 6.20 Å². The minimum Gasteiger partial charge on any atom is -0.347 e. The van der Waals surface area contributed by atoms with E-state index in [-0.39, 0.29) is 11.9 Å². The Morgan fingerprint density at radius 2 is 2.23 bits per heavy atom. The number of halogens is 1. The molecule has 3 heterocycles. The molecule has 0 saturated carbocycles. The van der Waals surface area contributed by atoms with Crippen LogP contribution in [0, 0.1) is 0 Å². The summed E-state index contributed by atoms with van der Waals surface area (Å²) in [5, 5.41) is 7.57. The number of nitrogens with one attached hydrogen (secondary N) is 2. The number of nitrogens with zero attached hydrogens (tertiary/aromatic N) is 1. The van der Waals surface area contributed by atoms with Gasteiger partial charge in [-0.1, -0.05) is 34.1 Å². The summed E-state index contributed by atoms with van der Waals surface area (Å²) in [7, 11) is 0. The molecule has 0 spiro atoms. The van der Waals surface area contributed by atoms with Crippen molar-refractivity contribution in [1.29, 1.82) is 0 Å². The normalized spacial score (nSPS) is 26.3. The zero-order valence-electron chi connectivity index (χ0n) is 11.9. The minimum atomic E-state index is -0.00449. The molecule has 1 aromatic carbocycles. The van der Waals surface area contributed by atoms with Crippen LogP contribution in [0.5, 0.6) is 0 Å². The van der Waals surface area contributed by atoms with Gasteiger partial charge >= 0.3 is 0 Å². The Balaban J connectivity index is 1.49. The lowest BCUT2D eigenvalue weighted by Gasteiger charge is -2.20. The number of fused-ring (bicyclic) bond motifs is 2. The molecule has 114 valence electrons. The topological polar surface area (TPSA) is 54.0 Å². The molecule has 4 nitrogen and oxygen atoms in total. The number of hydrogen-bond donors (Lipinski definition) is 2. The second-order valence-corrected chi connectivity index (χ2v) is 7.76. The van der Waals surface area contributed by atoms with Crippen molar-refractivity contribution in [2.75, 3.05) is 0 Å². The van der Waals surface area contributed by atoms with Crippen molar-refractivity contribution in [2.24, 2.45) is 0 Å². The Morgan fingerprint density at radius 3 is 2.95 bits per heavy atom. The zero-order chi connectivity index (χ0) is 15.1. The fraction of sp³-hybridized carbons (Fsp3) is 0.375. The fourth-order valence-electron chi connectivity index (χ4n) is 3.36. The average molecular weight is 378 g/mol. The highest BCUT2D eigenvalue weighted by atomic mass is 79.9. The second kappa shape index (κ2) is 5.76. The molecule has 1 amide bonds. The van der Waals surface area contributed by atoms with E-state index in [0.29, 0.717) is 17.0 Å². The Labute approximate surface area is 141 Å². The van der Waals surface area contributed by atoms with E-state index >= 15 is 0 Å². The summed E-state index contributed by atoms with van der Waals surface area (Å²) >= 11 is 4.97. The zero-order valence-corrected chi connectivity index (χ0v) is 14.3. The van der Waals surface area contributed by atoms with Crippen molar-refractivity contribution >= 4 is 33.2 Å². The Morgan fingerprint density at radius 1 is 1.36 bits per heavy atom. The molecule has 2 aliphatic heterocycles. The molecule has 0 unspecified atom stereocenters. The summed E-state index contributed by atoms with van der Waals surface area (Å²) in [5.74, 6) is -0.00449. The number of carbonyl (C=O) groups is 1. The van der Waals surface area contributed by atoms with Gasteiger partial charge in [0.2, 0.25) is 0 Å². The van der Waals surface area contributed by atoms with Gasteiger partial charge in [0.25, 0.3) is 5.91 Å². The molecule has 4 rings (SSSR count). The quantitative estimate of drug-likeness (QED) is 0.863. The van der Waals surface area contributed by atoms with Crippen LogP contribution in [0.1, 0.15) is 28.9 Å². The maximum atomic E-state index is 12.4. The highest BCUT2D eigenvalue weighted by molar-refractivity contribution is 9.10. The van der Waals surface area contributed by atoms with Gasteiger partial charge in [-0.05, 0) is 25.3 Å². The van der Waals surface area contributed by atoms with Crippen molar-refractivity contribution in [1.82, 2.24) is 15.6 Å². The van der Waals surface area contributed by atoms with E-state index in [2.05, 4.69) is 31.5 Å². The molecule has 3 atom stereocenters.